The number of esters is 1. The average molecular weight is 260 g/mol. The maximum absolute atomic E-state index is 11.8. The number of methoxy groups -OCH3 is 1. The third-order valence-electron chi connectivity index (χ3n) is 2.33. The smallest absolute Gasteiger partial charge is 0.326 e. The molecule has 7 heteroatoms. The second-order valence-electron chi connectivity index (χ2n) is 3.75. The van der Waals surface area contributed by atoms with Crippen LogP contribution in [0.5, 0.6) is 0 Å². The average Bonchev–Trinajstić information content (AvgIpc) is 2.34. The van der Waals surface area contributed by atoms with Gasteiger partial charge in [-0.1, -0.05) is 13.8 Å². The molecule has 0 aliphatic heterocycles. The number of ether oxygens (including phenoxy) is 1. The lowest BCUT2D eigenvalue weighted by Crippen LogP contribution is -2.49. The Morgan fingerprint density at radius 2 is 1.94 bits per heavy atom. The summed E-state index contributed by atoms with van der Waals surface area (Å²) in [7, 11) is 1.23. The summed E-state index contributed by atoms with van der Waals surface area (Å²) in [5, 5.41) is 11.2. The predicted molar refractivity (Wildman–Crippen MR) is 64.1 cm³/mol. The first kappa shape index (κ1) is 16.2. The van der Waals surface area contributed by atoms with Crippen molar-refractivity contribution in [1.82, 2.24) is 10.2 Å². The number of carbonyl (C=O) groups is 3. The normalized spacial score (nSPS) is 11.5. The van der Waals surface area contributed by atoms with Gasteiger partial charge in [-0.3, -0.25) is 4.79 Å². The summed E-state index contributed by atoms with van der Waals surface area (Å²) in [5.41, 5.74) is 0. The summed E-state index contributed by atoms with van der Waals surface area (Å²) < 4.78 is 4.48. The lowest BCUT2D eigenvalue weighted by Gasteiger charge is -2.23. The van der Waals surface area contributed by atoms with E-state index in [-0.39, 0.29) is 13.0 Å². The predicted octanol–water partition coefficient (Wildman–Crippen LogP) is 0.444. The van der Waals surface area contributed by atoms with Crippen LogP contribution in [0.4, 0.5) is 4.79 Å². The van der Waals surface area contributed by atoms with Crippen molar-refractivity contribution >= 4 is 18.0 Å². The minimum absolute atomic E-state index is 0.188. The molecule has 0 fully saturated rings. The molecule has 0 heterocycles. The Kier molecular flexibility index (Phi) is 7.50. The Balaban J connectivity index is 4.55. The monoisotopic (exact) mass is 260 g/mol. The van der Waals surface area contributed by atoms with E-state index >= 15 is 0 Å². The SMILES string of the molecule is CCCN(CC(=O)OC)C(=O)N[C@H](CC)C(=O)O. The second kappa shape index (κ2) is 8.32. The van der Waals surface area contributed by atoms with Crippen LogP contribution in [-0.4, -0.2) is 54.2 Å². The van der Waals surface area contributed by atoms with E-state index in [1.54, 1.807) is 6.92 Å². The highest BCUT2D eigenvalue weighted by molar-refractivity contribution is 5.85. The largest absolute Gasteiger partial charge is 0.480 e. The summed E-state index contributed by atoms with van der Waals surface area (Å²) in [5.74, 6) is -1.64. The molecule has 7 nitrogen and oxygen atoms in total. The van der Waals surface area contributed by atoms with Crippen LogP contribution in [0.2, 0.25) is 0 Å². The van der Waals surface area contributed by atoms with Crippen molar-refractivity contribution in [2.45, 2.75) is 32.7 Å². The summed E-state index contributed by atoms with van der Waals surface area (Å²) in [6.45, 7) is 3.68. The van der Waals surface area contributed by atoms with Crippen LogP contribution in [-0.2, 0) is 14.3 Å². The fraction of sp³-hybridized carbons (Fsp3) is 0.727. The molecule has 0 aliphatic carbocycles. The molecular formula is C11H20N2O5. The van der Waals surface area contributed by atoms with Crippen molar-refractivity contribution in [3.05, 3.63) is 0 Å². The van der Waals surface area contributed by atoms with Crippen LogP contribution in [0.15, 0.2) is 0 Å². The zero-order valence-corrected chi connectivity index (χ0v) is 10.9. The number of hydrogen-bond donors (Lipinski definition) is 2. The Labute approximate surface area is 106 Å². The molecule has 0 bridgehead atoms. The Bertz CT molecular complexity index is 306. The second-order valence-corrected chi connectivity index (χ2v) is 3.75. The number of hydrogen-bond acceptors (Lipinski definition) is 4. The summed E-state index contributed by atoms with van der Waals surface area (Å²) >= 11 is 0. The number of rotatable bonds is 7. The standard InChI is InChI=1S/C11H20N2O5/c1-4-6-13(7-9(14)18-3)11(17)12-8(5-2)10(15)16/h8H,4-7H2,1-3H3,(H,12,17)(H,15,16)/t8-/m1/s1. The van der Waals surface area contributed by atoms with Crippen LogP contribution < -0.4 is 5.32 Å². The fourth-order valence-corrected chi connectivity index (χ4v) is 1.32. The van der Waals surface area contributed by atoms with Gasteiger partial charge in [0.05, 0.1) is 7.11 Å². The van der Waals surface area contributed by atoms with Gasteiger partial charge in [0.25, 0.3) is 0 Å². The van der Waals surface area contributed by atoms with Gasteiger partial charge in [0.15, 0.2) is 0 Å². The van der Waals surface area contributed by atoms with Crippen molar-refractivity contribution in [2.24, 2.45) is 0 Å². The Morgan fingerprint density at radius 3 is 2.33 bits per heavy atom. The van der Waals surface area contributed by atoms with Crippen molar-refractivity contribution in [2.75, 3.05) is 20.2 Å². The molecule has 0 aliphatic rings. The number of amides is 2. The van der Waals surface area contributed by atoms with Crippen LogP contribution in [0, 0.1) is 0 Å². The number of urea groups is 1. The fourth-order valence-electron chi connectivity index (χ4n) is 1.32. The van der Waals surface area contributed by atoms with Crippen molar-refractivity contribution in [1.29, 1.82) is 0 Å². The molecule has 2 amide bonds. The topological polar surface area (TPSA) is 95.9 Å². The first-order chi connectivity index (χ1) is 8.46. The molecule has 0 spiro atoms. The van der Waals surface area contributed by atoms with E-state index in [1.807, 2.05) is 6.92 Å². The molecule has 0 aromatic rings. The van der Waals surface area contributed by atoms with E-state index in [2.05, 4.69) is 10.1 Å². The van der Waals surface area contributed by atoms with Gasteiger partial charge < -0.3 is 20.1 Å². The molecular weight excluding hydrogens is 240 g/mol. The summed E-state index contributed by atoms with van der Waals surface area (Å²) in [6.07, 6.45) is 0.938. The van der Waals surface area contributed by atoms with E-state index in [9.17, 15) is 14.4 Å². The molecule has 0 rings (SSSR count). The van der Waals surface area contributed by atoms with E-state index in [0.29, 0.717) is 13.0 Å². The highest BCUT2D eigenvalue weighted by Gasteiger charge is 2.22. The molecule has 1 atom stereocenters. The van der Waals surface area contributed by atoms with Crippen molar-refractivity contribution in [3.8, 4) is 0 Å². The highest BCUT2D eigenvalue weighted by atomic mass is 16.5. The van der Waals surface area contributed by atoms with E-state index < -0.39 is 24.0 Å². The first-order valence-electron chi connectivity index (χ1n) is 5.81. The molecule has 104 valence electrons. The quantitative estimate of drug-likeness (QED) is 0.648. The minimum atomic E-state index is -1.10. The van der Waals surface area contributed by atoms with Gasteiger partial charge in [-0.2, -0.15) is 0 Å². The number of nitrogens with zero attached hydrogens (tertiary/aromatic N) is 1. The molecule has 2 N–H and O–H groups in total. The van der Waals surface area contributed by atoms with Crippen LogP contribution in [0.3, 0.4) is 0 Å². The van der Waals surface area contributed by atoms with Crippen LogP contribution in [0.1, 0.15) is 26.7 Å². The number of nitrogens with one attached hydrogen (secondary N) is 1. The van der Waals surface area contributed by atoms with Crippen LogP contribution in [0.25, 0.3) is 0 Å². The molecule has 0 saturated carbocycles. The lowest BCUT2D eigenvalue weighted by atomic mass is 10.2. The molecule has 0 aromatic heterocycles. The van der Waals surface area contributed by atoms with Gasteiger partial charge in [-0.25, -0.2) is 9.59 Å². The number of carboxylic acids is 1. The van der Waals surface area contributed by atoms with Gasteiger partial charge in [0.2, 0.25) is 0 Å². The first-order valence-corrected chi connectivity index (χ1v) is 5.81. The van der Waals surface area contributed by atoms with E-state index in [0.717, 1.165) is 0 Å². The maximum Gasteiger partial charge on any atom is 0.326 e. The van der Waals surface area contributed by atoms with Gasteiger partial charge in [0, 0.05) is 6.54 Å². The number of carbonyl (C=O) groups excluding carboxylic acids is 2. The molecule has 18 heavy (non-hydrogen) atoms. The summed E-state index contributed by atoms with van der Waals surface area (Å²) in [4.78, 5) is 35.0. The van der Waals surface area contributed by atoms with Crippen molar-refractivity contribution in [3.63, 3.8) is 0 Å². The lowest BCUT2D eigenvalue weighted by molar-refractivity contribution is -0.141. The van der Waals surface area contributed by atoms with Gasteiger partial charge in [0.1, 0.15) is 12.6 Å². The molecule has 0 aromatic carbocycles. The number of aliphatic carboxylic acids is 1. The number of carboxylic acid groups (broad SMARTS) is 1. The highest BCUT2D eigenvalue weighted by Crippen LogP contribution is 1.98. The molecule has 0 saturated heterocycles. The van der Waals surface area contributed by atoms with Crippen molar-refractivity contribution < 1.29 is 24.2 Å². The Morgan fingerprint density at radius 1 is 1.33 bits per heavy atom. The van der Waals surface area contributed by atoms with Gasteiger partial charge >= 0.3 is 18.0 Å². The Hall–Kier alpha value is -1.79. The third-order valence-corrected chi connectivity index (χ3v) is 2.33. The minimum Gasteiger partial charge on any atom is -0.480 e. The van der Waals surface area contributed by atoms with E-state index in [1.165, 1.54) is 12.0 Å². The zero-order chi connectivity index (χ0) is 14.1. The van der Waals surface area contributed by atoms with Crippen LogP contribution >= 0.6 is 0 Å². The summed E-state index contributed by atoms with van der Waals surface area (Å²) in [6, 6.07) is -1.52. The maximum atomic E-state index is 11.8. The zero-order valence-electron chi connectivity index (χ0n) is 10.9. The molecule has 0 unspecified atom stereocenters. The van der Waals surface area contributed by atoms with E-state index in [4.69, 9.17) is 5.11 Å². The third kappa shape index (κ3) is 5.51. The van der Waals surface area contributed by atoms with Gasteiger partial charge in [-0.05, 0) is 12.8 Å². The molecule has 0 radical (unpaired) electrons. The van der Waals surface area contributed by atoms with Gasteiger partial charge in [-0.15, -0.1) is 0 Å².